The predicted octanol–water partition coefficient (Wildman–Crippen LogP) is 2.73. The summed E-state index contributed by atoms with van der Waals surface area (Å²) < 4.78 is 2.31. The molecule has 2 N–H and O–H groups in total. The maximum atomic E-state index is 6.14. The largest absolute Gasteiger partial charge is 0.333 e. The molecule has 1 aromatic rings. The van der Waals surface area contributed by atoms with Gasteiger partial charge in [-0.3, -0.25) is 0 Å². The number of nitrogens with two attached hydrogens (primary N) is 1. The fraction of sp³-hybridized carbons (Fsp3) is 0.786. The van der Waals surface area contributed by atoms with Gasteiger partial charge in [0.1, 0.15) is 0 Å². The molecular weight excluding hydrogens is 210 g/mol. The molecule has 1 heterocycles. The topological polar surface area (TPSA) is 43.8 Å². The number of imidazole rings is 1. The summed E-state index contributed by atoms with van der Waals surface area (Å²) in [4.78, 5) is 4.29. The molecule has 17 heavy (non-hydrogen) atoms. The highest BCUT2D eigenvalue weighted by atomic mass is 15.1. The molecule has 0 spiro atoms. The van der Waals surface area contributed by atoms with Crippen molar-refractivity contribution in [1.82, 2.24) is 9.55 Å². The van der Waals surface area contributed by atoms with Crippen molar-refractivity contribution in [3.63, 3.8) is 0 Å². The van der Waals surface area contributed by atoms with Crippen molar-refractivity contribution < 1.29 is 0 Å². The molecule has 0 aliphatic heterocycles. The monoisotopic (exact) mass is 233 g/mol. The molecule has 0 bridgehead atoms. The number of rotatable bonds is 6. The standard InChI is InChI=1S/C14H23N3/c1-2-13(15)14-7-16-9-17(14)8-12(10-3-4-10)11-5-6-11/h7,9-13H,2-6,8,15H2,1H3/t13-/m1/s1. The molecule has 0 amide bonds. The van der Waals surface area contributed by atoms with E-state index in [1.807, 2.05) is 12.5 Å². The summed E-state index contributed by atoms with van der Waals surface area (Å²) in [6.07, 6.45) is 10.7. The van der Waals surface area contributed by atoms with Crippen molar-refractivity contribution in [2.45, 2.75) is 51.6 Å². The quantitative estimate of drug-likeness (QED) is 0.821. The Hall–Kier alpha value is -0.830. The molecule has 2 fully saturated rings. The van der Waals surface area contributed by atoms with Gasteiger partial charge < -0.3 is 10.3 Å². The van der Waals surface area contributed by atoms with Crippen LogP contribution in [0.15, 0.2) is 12.5 Å². The minimum atomic E-state index is 0.150. The van der Waals surface area contributed by atoms with Crippen LogP contribution in [0.1, 0.15) is 50.8 Å². The van der Waals surface area contributed by atoms with E-state index in [1.165, 1.54) is 31.4 Å². The zero-order valence-corrected chi connectivity index (χ0v) is 10.7. The van der Waals surface area contributed by atoms with Gasteiger partial charge in [0.05, 0.1) is 12.0 Å². The summed E-state index contributed by atoms with van der Waals surface area (Å²) >= 11 is 0. The van der Waals surface area contributed by atoms with E-state index >= 15 is 0 Å². The smallest absolute Gasteiger partial charge is 0.0948 e. The lowest BCUT2D eigenvalue weighted by atomic mass is 9.97. The number of hydrogen-bond donors (Lipinski definition) is 1. The SMILES string of the molecule is CC[C@@H](N)c1cncn1CC(C1CC1)C1CC1. The summed E-state index contributed by atoms with van der Waals surface area (Å²) in [6.45, 7) is 3.29. The molecule has 0 unspecified atom stereocenters. The molecule has 1 aromatic heterocycles. The Morgan fingerprint density at radius 3 is 2.53 bits per heavy atom. The van der Waals surface area contributed by atoms with E-state index in [4.69, 9.17) is 5.73 Å². The van der Waals surface area contributed by atoms with E-state index in [1.54, 1.807) is 0 Å². The van der Waals surface area contributed by atoms with Crippen LogP contribution in [0.2, 0.25) is 0 Å². The first kappa shape index (κ1) is 11.3. The Balaban J connectivity index is 1.72. The van der Waals surface area contributed by atoms with E-state index in [2.05, 4.69) is 16.5 Å². The molecule has 1 atom stereocenters. The highest BCUT2D eigenvalue weighted by molar-refractivity contribution is 5.05. The average molecular weight is 233 g/mol. The van der Waals surface area contributed by atoms with Gasteiger partial charge in [0.15, 0.2) is 0 Å². The molecule has 0 radical (unpaired) electrons. The Labute approximate surface area is 103 Å². The number of aromatic nitrogens is 2. The Kier molecular flexibility index (Phi) is 2.95. The van der Waals surface area contributed by atoms with Gasteiger partial charge in [-0.25, -0.2) is 4.98 Å². The lowest BCUT2D eigenvalue weighted by Gasteiger charge is -2.19. The summed E-state index contributed by atoms with van der Waals surface area (Å²) in [5.74, 6) is 2.89. The van der Waals surface area contributed by atoms with E-state index in [0.717, 1.165) is 30.7 Å². The van der Waals surface area contributed by atoms with Crippen LogP contribution < -0.4 is 5.73 Å². The minimum Gasteiger partial charge on any atom is -0.333 e. The predicted molar refractivity (Wildman–Crippen MR) is 68.4 cm³/mol. The number of hydrogen-bond acceptors (Lipinski definition) is 2. The van der Waals surface area contributed by atoms with Crippen LogP contribution in [-0.4, -0.2) is 9.55 Å². The van der Waals surface area contributed by atoms with Gasteiger partial charge in [-0.2, -0.15) is 0 Å². The van der Waals surface area contributed by atoms with Crippen molar-refractivity contribution in [2.75, 3.05) is 0 Å². The Bertz CT molecular complexity index is 365. The third-order valence-electron chi connectivity index (χ3n) is 4.43. The van der Waals surface area contributed by atoms with Crippen LogP contribution in [0, 0.1) is 17.8 Å². The Morgan fingerprint density at radius 1 is 1.35 bits per heavy atom. The van der Waals surface area contributed by atoms with Crippen LogP contribution in [-0.2, 0) is 6.54 Å². The third-order valence-corrected chi connectivity index (χ3v) is 4.43. The first-order valence-corrected chi connectivity index (χ1v) is 7.05. The second-order valence-corrected chi connectivity index (χ2v) is 5.82. The van der Waals surface area contributed by atoms with Crippen LogP contribution >= 0.6 is 0 Å². The van der Waals surface area contributed by atoms with Gasteiger partial charge in [0, 0.05) is 18.8 Å². The molecule has 0 aromatic carbocycles. The van der Waals surface area contributed by atoms with Crippen LogP contribution in [0.4, 0.5) is 0 Å². The molecule has 94 valence electrons. The highest BCUT2D eigenvalue weighted by Gasteiger charge is 2.41. The lowest BCUT2D eigenvalue weighted by molar-refractivity contribution is 0.341. The molecule has 3 heteroatoms. The van der Waals surface area contributed by atoms with Crippen LogP contribution in [0.5, 0.6) is 0 Å². The fourth-order valence-electron chi connectivity index (χ4n) is 2.96. The van der Waals surface area contributed by atoms with Crippen molar-refractivity contribution in [3.8, 4) is 0 Å². The van der Waals surface area contributed by atoms with Gasteiger partial charge in [-0.1, -0.05) is 6.92 Å². The van der Waals surface area contributed by atoms with E-state index in [0.29, 0.717) is 0 Å². The van der Waals surface area contributed by atoms with Gasteiger partial charge >= 0.3 is 0 Å². The molecule has 3 rings (SSSR count). The normalized spacial score (nSPS) is 22.1. The first-order valence-electron chi connectivity index (χ1n) is 7.05. The summed E-state index contributed by atoms with van der Waals surface area (Å²) in [5.41, 5.74) is 7.36. The van der Waals surface area contributed by atoms with Gasteiger partial charge in [-0.15, -0.1) is 0 Å². The highest BCUT2D eigenvalue weighted by Crippen LogP contribution is 2.50. The Morgan fingerprint density at radius 2 is 2.00 bits per heavy atom. The average Bonchev–Trinajstić information content (AvgIpc) is 3.25. The molecule has 3 nitrogen and oxygen atoms in total. The van der Waals surface area contributed by atoms with E-state index < -0.39 is 0 Å². The fourth-order valence-corrected chi connectivity index (χ4v) is 2.96. The zero-order chi connectivity index (χ0) is 11.8. The first-order chi connectivity index (χ1) is 8.29. The van der Waals surface area contributed by atoms with Crippen molar-refractivity contribution in [1.29, 1.82) is 0 Å². The maximum Gasteiger partial charge on any atom is 0.0948 e. The summed E-state index contributed by atoms with van der Waals surface area (Å²) in [5, 5.41) is 0. The van der Waals surface area contributed by atoms with Crippen molar-refractivity contribution >= 4 is 0 Å². The minimum absolute atomic E-state index is 0.150. The second kappa shape index (κ2) is 4.45. The van der Waals surface area contributed by atoms with Gasteiger partial charge in [0.2, 0.25) is 0 Å². The molecule has 0 saturated heterocycles. The van der Waals surface area contributed by atoms with Crippen molar-refractivity contribution in [3.05, 3.63) is 18.2 Å². The molecule has 2 saturated carbocycles. The third kappa shape index (κ3) is 2.39. The molecule has 2 aliphatic rings. The van der Waals surface area contributed by atoms with Crippen LogP contribution in [0.3, 0.4) is 0 Å². The van der Waals surface area contributed by atoms with E-state index in [9.17, 15) is 0 Å². The maximum absolute atomic E-state index is 6.14. The number of nitrogens with zero attached hydrogens (tertiary/aromatic N) is 2. The van der Waals surface area contributed by atoms with Crippen molar-refractivity contribution in [2.24, 2.45) is 23.5 Å². The molecule has 2 aliphatic carbocycles. The van der Waals surface area contributed by atoms with E-state index in [-0.39, 0.29) is 6.04 Å². The second-order valence-electron chi connectivity index (χ2n) is 5.82. The lowest BCUT2D eigenvalue weighted by Crippen LogP contribution is -2.20. The van der Waals surface area contributed by atoms with Gasteiger partial charge in [0.25, 0.3) is 0 Å². The molecular formula is C14H23N3. The zero-order valence-electron chi connectivity index (χ0n) is 10.7. The summed E-state index contributed by atoms with van der Waals surface area (Å²) in [7, 11) is 0. The van der Waals surface area contributed by atoms with Crippen LogP contribution in [0.25, 0.3) is 0 Å². The summed E-state index contributed by atoms with van der Waals surface area (Å²) in [6, 6.07) is 0.150. The van der Waals surface area contributed by atoms with Gasteiger partial charge in [-0.05, 0) is 49.9 Å².